The standard InChI is InChI=1S/C19H31N3O2/c23-19(21-12-15-22-13-5-2-6-14-22)20-11-7-16-24-17-10-18-8-3-1-4-9-18/h1,3-4,8-9H,2,5-7,10-17H2,(H2,20,21,23). The highest BCUT2D eigenvalue weighted by atomic mass is 16.5. The molecule has 1 aromatic rings. The van der Waals surface area contributed by atoms with E-state index in [1.807, 2.05) is 18.2 Å². The van der Waals surface area contributed by atoms with E-state index < -0.39 is 0 Å². The van der Waals surface area contributed by atoms with Gasteiger partial charge in [-0.3, -0.25) is 0 Å². The van der Waals surface area contributed by atoms with Crippen molar-refractivity contribution in [3.63, 3.8) is 0 Å². The zero-order chi connectivity index (χ0) is 16.9. The first kappa shape index (κ1) is 18.7. The minimum atomic E-state index is -0.0729. The summed E-state index contributed by atoms with van der Waals surface area (Å²) in [7, 11) is 0. The van der Waals surface area contributed by atoms with Crippen molar-refractivity contribution in [2.75, 3.05) is 45.9 Å². The second-order valence-electron chi connectivity index (χ2n) is 6.29. The molecular formula is C19H31N3O2. The Morgan fingerprint density at radius 3 is 2.54 bits per heavy atom. The molecule has 2 N–H and O–H groups in total. The molecule has 1 aromatic carbocycles. The molecule has 1 saturated heterocycles. The molecule has 1 aliphatic rings. The number of hydrogen-bond donors (Lipinski definition) is 2. The molecule has 1 aliphatic heterocycles. The second kappa shape index (κ2) is 11.9. The summed E-state index contributed by atoms with van der Waals surface area (Å²) in [6.45, 7) is 6.08. The molecule has 24 heavy (non-hydrogen) atoms. The van der Waals surface area contributed by atoms with Gasteiger partial charge in [-0.1, -0.05) is 36.8 Å². The summed E-state index contributed by atoms with van der Waals surface area (Å²) in [6.07, 6.45) is 5.70. The lowest BCUT2D eigenvalue weighted by Crippen LogP contribution is -2.42. The molecule has 0 radical (unpaired) electrons. The van der Waals surface area contributed by atoms with Gasteiger partial charge in [-0.15, -0.1) is 0 Å². The van der Waals surface area contributed by atoms with Gasteiger partial charge in [0.1, 0.15) is 0 Å². The van der Waals surface area contributed by atoms with Gasteiger partial charge in [0, 0.05) is 26.2 Å². The molecule has 0 aromatic heterocycles. The minimum Gasteiger partial charge on any atom is -0.381 e. The Balaban J connectivity index is 1.38. The number of hydrogen-bond acceptors (Lipinski definition) is 3. The first-order valence-corrected chi connectivity index (χ1v) is 9.20. The molecule has 0 aliphatic carbocycles. The van der Waals surface area contributed by atoms with Crippen LogP contribution in [0.3, 0.4) is 0 Å². The van der Waals surface area contributed by atoms with E-state index in [-0.39, 0.29) is 6.03 Å². The Bertz CT molecular complexity index is 447. The van der Waals surface area contributed by atoms with Crippen LogP contribution in [0.25, 0.3) is 0 Å². The lowest BCUT2D eigenvalue weighted by Gasteiger charge is -2.26. The van der Waals surface area contributed by atoms with Crippen molar-refractivity contribution in [2.45, 2.75) is 32.1 Å². The van der Waals surface area contributed by atoms with E-state index in [4.69, 9.17) is 4.74 Å². The van der Waals surface area contributed by atoms with Crippen LogP contribution in [0.4, 0.5) is 4.79 Å². The van der Waals surface area contributed by atoms with Crippen molar-refractivity contribution in [3.8, 4) is 0 Å². The molecule has 0 atom stereocenters. The Kier molecular flexibility index (Phi) is 9.27. The summed E-state index contributed by atoms with van der Waals surface area (Å²) in [5.74, 6) is 0. The average Bonchev–Trinajstić information content (AvgIpc) is 2.63. The second-order valence-corrected chi connectivity index (χ2v) is 6.29. The quantitative estimate of drug-likeness (QED) is 0.647. The van der Waals surface area contributed by atoms with E-state index in [1.165, 1.54) is 37.9 Å². The lowest BCUT2D eigenvalue weighted by molar-refractivity contribution is 0.135. The van der Waals surface area contributed by atoms with Gasteiger partial charge in [-0.05, 0) is 44.3 Å². The third kappa shape index (κ3) is 8.31. The zero-order valence-corrected chi connectivity index (χ0v) is 14.6. The van der Waals surface area contributed by atoms with E-state index in [9.17, 15) is 4.79 Å². The molecule has 0 saturated carbocycles. The summed E-state index contributed by atoms with van der Waals surface area (Å²) < 4.78 is 5.60. The van der Waals surface area contributed by atoms with Crippen molar-refractivity contribution in [1.82, 2.24) is 15.5 Å². The number of nitrogens with one attached hydrogen (secondary N) is 2. The van der Waals surface area contributed by atoms with Gasteiger partial charge in [0.15, 0.2) is 0 Å². The molecule has 0 spiro atoms. The number of amides is 2. The summed E-state index contributed by atoms with van der Waals surface area (Å²) in [6, 6.07) is 10.3. The van der Waals surface area contributed by atoms with Gasteiger partial charge in [-0.2, -0.15) is 0 Å². The van der Waals surface area contributed by atoms with Crippen LogP contribution in [0.5, 0.6) is 0 Å². The zero-order valence-electron chi connectivity index (χ0n) is 14.6. The number of urea groups is 1. The summed E-state index contributed by atoms with van der Waals surface area (Å²) >= 11 is 0. The van der Waals surface area contributed by atoms with Gasteiger partial charge < -0.3 is 20.3 Å². The predicted molar refractivity (Wildman–Crippen MR) is 97.3 cm³/mol. The van der Waals surface area contributed by atoms with Gasteiger partial charge in [0.2, 0.25) is 0 Å². The van der Waals surface area contributed by atoms with Crippen LogP contribution < -0.4 is 10.6 Å². The van der Waals surface area contributed by atoms with E-state index in [1.54, 1.807) is 0 Å². The number of benzene rings is 1. The number of carbonyl (C=O) groups excluding carboxylic acids is 1. The number of nitrogens with zero attached hydrogens (tertiary/aromatic N) is 1. The topological polar surface area (TPSA) is 53.6 Å². The highest BCUT2D eigenvalue weighted by Crippen LogP contribution is 2.07. The fourth-order valence-electron chi connectivity index (χ4n) is 2.89. The van der Waals surface area contributed by atoms with Crippen LogP contribution in [-0.4, -0.2) is 56.9 Å². The van der Waals surface area contributed by atoms with Crippen LogP contribution >= 0.6 is 0 Å². The maximum Gasteiger partial charge on any atom is 0.314 e. The highest BCUT2D eigenvalue weighted by Gasteiger charge is 2.09. The maximum atomic E-state index is 11.7. The van der Waals surface area contributed by atoms with Crippen molar-refractivity contribution < 1.29 is 9.53 Å². The number of likely N-dealkylation sites (tertiary alicyclic amines) is 1. The van der Waals surface area contributed by atoms with Crippen LogP contribution in [0.1, 0.15) is 31.2 Å². The minimum absolute atomic E-state index is 0.0729. The number of rotatable bonds is 10. The molecular weight excluding hydrogens is 302 g/mol. The van der Waals surface area contributed by atoms with Crippen LogP contribution in [-0.2, 0) is 11.2 Å². The van der Waals surface area contributed by atoms with Crippen LogP contribution in [0, 0.1) is 0 Å². The first-order chi connectivity index (χ1) is 11.8. The summed E-state index contributed by atoms with van der Waals surface area (Å²) in [5, 5.41) is 5.80. The molecule has 5 nitrogen and oxygen atoms in total. The van der Waals surface area contributed by atoms with E-state index in [0.717, 1.165) is 32.5 Å². The first-order valence-electron chi connectivity index (χ1n) is 9.20. The fourth-order valence-corrected chi connectivity index (χ4v) is 2.89. The third-order valence-electron chi connectivity index (χ3n) is 4.29. The Hall–Kier alpha value is -1.59. The molecule has 0 unspecified atom stereocenters. The molecule has 1 fully saturated rings. The highest BCUT2D eigenvalue weighted by molar-refractivity contribution is 5.73. The fraction of sp³-hybridized carbons (Fsp3) is 0.632. The molecule has 2 rings (SSSR count). The van der Waals surface area contributed by atoms with Crippen molar-refractivity contribution >= 4 is 6.03 Å². The number of carbonyl (C=O) groups is 1. The average molecular weight is 333 g/mol. The van der Waals surface area contributed by atoms with E-state index >= 15 is 0 Å². The van der Waals surface area contributed by atoms with Crippen molar-refractivity contribution in [1.29, 1.82) is 0 Å². The summed E-state index contributed by atoms with van der Waals surface area (Å²) in [4.78, 5) is 14.1. The molecule has 134 valence electrons. The Labute approximate surface area is 145 Å². The van der Waals surface area contributed by atoms with Gasteiger partial charge in [0.05, 0.1) is 6.61 Å². The van der Waals surface area contributed by atoms with Gasteiger partial charge >= 0.3 is 6.03 Å². The smallest absolute Gasteiger partial charge is 0.314 e. The molecule has 1 heterocycles. The molecule has 5 heteroatoms. The van der Waals surface area contributed by atoms with Gasteiger partial charge in [-0.25, -0.2) is 4.79 Å². The number of piperidine rings is 1. The predicted octanol–water partition coefficient (Wildman–Crippen LogP) is 2.42. The third-order valence-corrected chi connectivity index (χ3v) is 4.29. The number of ether oxygens (including phenoxy) is 1. The van der Waals surface area contributed by atoms with Crippen molar-refractivity contribution in [2.24, 2.45) is 0 Å². The van der Waals surface area contributed by atoms with Gasteiger partial charge in [0.25, 0.3) is 0 Å². The van der Waals surface area contributed by atoms with Crippen LogP contribution in [0.15, 0.2) is 30.3 Å². The van der Waals surface area contributed by atoms with Crippen molar-refractivity contribution in [3.05, 3.63) is 35.9 Å². The molecule has 0 bridgehead atoms. The van der Waals surface area contributed by atoms with E-state index in [0.29, 0.717) is 13.2 Å². The maximum absolute atomic E-state index is 11.7. The lowest BCUT2D eigenvalue weighted by atomic mass is 10.1. The monoisotopic (exact) mass is 333 g/mol. The molecule has 2 amide bonds. The Morgan fingerprint density at radius 1 is 1.00 bits per heavy atom. The normalized spacial score (nSPS) is 15.2. The summed E-state index contributed by atoms with van der Waals surface area (Å²) in [5.41, 5.74) is 1.30. The Morgan fingerprint density at radius 2 is 1.75 bits per heavy atom. The largest absolute Gasteiger partial charge is 0.381 e. The van der Waals surface area contributed by atoms with E-state index in [2.05, 4.69) is 27.7 Å². The SMILES string of the molecule is O=C(NCCCOCCc1ccccc1)NCCN1CCCCC1. The van der Waals surface area contributed by atoms with Crippen LogP contribution in [0.2, 0.25) is 0 Å².